The van der Waals surface area contributed by atoms with Crippen LogP contribution in [0.25, 0.3) is 6.08 Å². The molecule has 0 saturated carbocycles. The topological polar surface area (TPSA) is 70.4 Å². The summed E-state index contributed by atoms with van der Waals surface area (Å²) in [6.45, 7) is 4.76. The van der Waals surface area contributed by atoms with Gasteiger partial charge in [-0.15, -0.1) is 0 Å². The first kappa shape index (κ1) is 19.7. The van der Waals surface area contributed by atoms with E-state index in [4.69, 9.17) is 4.74 Å². The van der Waals surface area contributed by atoms with E-state index < -0.39 is 9.84 Å². The monoisotopic (exact) mass is 370 g/mol. The van der Waals surface area contributed by atoms with Gasteiger partial charge in [0, 0.05) is 19.3 Å². The van der Waals surface area contributed by atoms with Gasteiger partial charge >= 0.3 is 0 Å². The maximum Gasteiger partial charge on any atom is 0.216 e. The van der Waals surface area contributed by atoms with Crippen molar-refractivity contribution in [2.75, 3.05) is 18.6 Å². The van der Waals surface area contributed by atoms with Crippen LogP contribution in [0.2, 0.25) is 0 Å². The molecule has 2 rings (SSSR count). The summed E-state index contributed by atoms with van der Waals surface area (Å²) in [4.78, 5) is 1.89. The van der Waals surface area contributed by atoms with Crippen molar-refractivity contribution in [2.45, 2.75) is 25.0 Å². The SMILES string of the molecule is CCN(c1ccc(C=C(C#N)S(=O)(=O)c2ccccc2)cc1)C(C)OC. The molecule has 0 amide bonds. The van der Waals surface area contributed by atoms with Crippen molar-refractivity contribution in [3.63, 3.8) is 0 Å². The Hall–Kier alpha value is -2.62. The van der Waals surface area contributed by atoms with Crippen LogP contribution in [0.1, 0.15) is 19.4 Å². The third kappa shape index (κ3) is 4.31. The standard InChI is InChI=1S/C20H22N2O3S/c1-4-22(16(2)25-3)18-12-10-17(11-13-18)14-20(15-21)26(23,24)19-8-6-5-7-9-19/h5-14,16H,4H2,1-3H3. The molecule has 1 atom stereocenters. The van der Waals surface area contributed by atoms with Crippen molar-refractivity contribution in [1.82, 2.24) is 0 Å². The molecule has 2 aromatic carbocycles. The van der Waals surface area contributed by atoms with Crippen molar-refractivity contribution in [3.05, 3.63) is 65.1 Å². The van der Waals surface area contributed by atoms with Crippen molar-refractivity contribution < 1.29 is 13.2 Å². The fourth-order valence-electron chi connectivity index (χ4n) is 2.59. The van der Waals surface area contributed by atoms with Gasteiger partial charge in [-0.3, -0.25) is 0 Å². The predicted molar refractivity (Wildman–Crippen MR) is 103 cm³/mol. The third-order valence-electron chi connectivity index (χ3n) is 4.10. The Morgan fingerprint density at radius 3 is 2.31 bits per heavy atom. The van der Waals surface area contributed by atoms with E-state index in [1.807, 2.05) is 32.0 Å². The number of sulfone groups is 1. The molecule has 0 aliphatic heterocycles. The molecule has 0 bridgehead atoms. The van der Waals surface area contributed by atoms with Crippen molar-refractivity contribution in [3.8, 4) is 6.07 Å². The van der Waals surface area contributed by atoms with E-state index in [2.05, 4.69) is 4.90 Å². The van der Waals surface area contributed by atoms with E-state index in [1.165, 1.54) is 18.2 Å². The summed E-state index contributed by atoms with van der Waals surface area (Å²) in [5.41, 5.74) is 1.61. The van der Waals surface area contributed by atoms with Gasteiger partial charge in [0.25, 0.3) is 0 Å². The lowest BCUT2D eigenvalue weighted by molar-refractivity contribution is 0.115. The highest BCUT2D eigenvalue weighted by Gasteiger charge is 2.20. The van der Waals surface area contributed by atoms with Crippen LogP contribution in [0.15, 0.2) is 64.4 Å². The highest BCUT2D eigenvalue weighted by molar-refractivity contribution is 7.95. The van der Waals surface area contributed by atoms with E-state index in [0.29, 0.717) is 5.56 Å². The Balaban J connectivity index is 2.35. The van der Waals surface area contributed by atoms with E-state index >= 15 is 0 Å². The Labute approximate surface area is 155 Å². The molecular weight excluding hydrogens is 348 g/mol. The second-order valence-electron chi connectivity index (χ2n) is 5.65. The number of hydrogen-bond donors (Lipinski definition) is 0. The summed E-state index contributed by atoms with van der Waals surface area (Å²) < 4.78 is 30.6. The quantitative estimate of drug-likeness (QED) is 0.547. The minimum Gasteiger partial charge on any atom is -0.362 e. The van der Waals surface area contributed by atoms with E-state index in [-0.39, 0.29) is 16.0 Å². The van der Waals surface area contributed by atoms with Gasteiger partial charge in [-0.05, 0) is 49.8 Å². The molecule has 5 nitrogen and oxygen atoms in total. The fraction of sp³-hybridized carbons (Fsp3) is 0.250. The van der Waals surface area contributed by atoms with Crippen LogP contribution in [0.5, 0.6) is 0 Å². The van der Waals surface area contributed by atoms with Gasteiger partial charge in [-0.25, -0.2) is 8.42 Å². The molecule has 0 radical (unpaired) electrons. The first-order chi connectivity index (χ1) is 12.4. The lowest BCUT2D eigenvalue weighted by atomic mass is 10.2. The Bertz CT molecular complexity index is 898. The second kappa shape index (κ2) is 8.65. The summed E-state index contributed by atoms with van der Waals surface area (Å²) in [6.07, 6.45) is 1.32. The van der Waals surface area contributed by atoms with Gasteiger partial charge in [0.1, 0.15) is 17.2 Å². The fourth-order valence-corrected chi connectivity index (χ4v) is 3.77. The number of nitrogens with zero attached hydrogens (tertiary/aromatic N) is 2. The zero-order chi connectivity index (χ0) is 19.2. The zero-order valence-electron chi connectivity index (χ0n) is 15.1. The molecule has 0 heterocycles. The van der Waals surface area contributed by atoms with Gasteiger partial charge in [0.2, 0.25) is 9.84 Å². The van der Waals surface area contributed by atoms with Crippen LogP contribution in [0.4, 0.5) is 5.69 Å². The molecule has 26 heavy (non-hydrogen) atoms. The van der Waals surface area contributed by atoms with Gasteiger partial charge in [-0.2, -0.15) is 5.26 Å². The zero-order valence-corrected chi connectivity index (χ0v) is 15.9. The number of nitriles is 1. The van der Waals surface area contributed by atoms with Crippen LogP contribution < -0.4 is 4.90 Å². The van der Waals surface area contributed by atoms with E-state index in [1.54, 1.807) is 37.4 Å². The molecule has 0 saturated heterocycles. The molecule has 0 fully saturated rings. The molecule has 0 spiro atoms. The third-order valence-corrected chi connectivity index (χ3v) is 5.78. The normalized spacial score (nSPS) is 13.1. The Kier molecular flexibility index (Phi) is 6.56. The van der Waals surface area contributed by atoms with Crippen LogP contribution in [0, 0.1) is 11.3 Å². The lowest BCUT2D eigenvalue weighted by Crippen LogP contribution is -2.34. The van der Waals surface area contributed by atoms with Gasteiger partial charge in [-0.1, -0.05) is 30.3 Å². The average molecular weight is 370 g/mol. The number of anilines is 1. The first-order valence-corrected chi connectivity index (χ1v) is 9.73. The molecule has 0 aromatic heterocycles. The van der Waals surface area contributed by atoms with Crippen molar-refractivity contribution in [2.24, 2.45) is 0 Å². The Morgan fingerprint density at radius 1 is 1.19 bits per heavy atom. The molecule has 136 valence electrons. The van der Waals surface area contributed by atoms with Gasteiger partial charge in [0.05, 0.1) is 4.90 Å². The highest BCUT2D eigenvalue weighted by Crippen LogP contribution is 2.23. The van der Waals surface area contributed by atoms with Crippen LogP contribution in [-0.2, 0) is 14.6 Å². The molecule has 0 aliphatic carbocycles. The molecule has 0 aliphatic rings. The summed E-state index contributed by atoms with van der Waals surface area (Å²) in [5, 5.41) is 9.35. The lowest BCUT2D eigenvalue weighted by Gasteiger charge is -2.28. The number of rotatable bonds is 7. The summed E-state index contributed by atoms with van der Waals surface area (Å²) in [6, 6.07) is 17.1. The molecule has 2 aromatic rings. The smallest absolute Gasteiger partial charge is 0.216 e. The molecule has 0 N–H and O–H groups in total. The minimum absolute atomic E-state index is 0.0745. The Morgan fingerprint density at radius 2 is 1.81 bits per heavy atom. The predicted octanol–water partition coefficient (Wildman–Crippen LogP) is 3.84. The number of ether oxygens (including phenoxy) is 1. The molecular formula is C20H22N2O3S. The molecule has 1 unspecified atom stereocenters. The average Bonchev–Trinajstić information content (AvgIpc) is 2.68. The van der Waals surface area contributed by atoms with E-state index in [9.17, 15) is 13.7 Å². The van der Waals surface area contributed by atoms with Gasteiger partial charge in [0.15, 0.2) is 0 Å². The van der Waals surface area contributed by atoms with Gasteiger partial charge < -0.3 is 9.64 Å². The highest BCUT2D eigenvalue weighted by atomic mass is 32.2. The van der Waals surface area contributed by atoms with E-state index in [0.717, 1.165) is 12.2 Å². The number of benzene rings is 2. The number of methoxy groups -OCH3 is 1. The maximum absolute atomic E-state index is 12.6. The van der Waals surface area contributed by atoms with Crippen LogP contribution >= 0.6 is 0 Å². The number of allylic oxidation sites excluding steroid dienone is 1. The maximum atomic E-state index is 12.6. The van der Waals surface area contributed by atoms with Crippen molar-refractivity contribution in [1.29, 1.82) is 5.26 Å². The molecule has 6 heteroatoms. The summed E-state index contributed by atoms with van der Waals surface area (Å²) in [7, 11) is -2.18. The van der Waals surface area contributed by atoms with Crippen molar-refractivity contribution >= 4 is 21.6 Å². The first-order valence-electron chi connectivity index (χ1n) is 8.25. The summed E-state index contributed by atoms with van der Waals surface area (Å²) in [5.74, 6) is 0. The van der Waals surface area contributed by atoms with Crippen LogP contribution in [-0.4, -0.2) is 28.3 Å². The number of hydrogen-bond acceptors (Lipinski definition) is 5. The summed E-state index contributed by atoms with van der Waals surface area (Å²) >= 11 is 0. The second-order valence-corrected chi connectivity index (χ2v) is 7.57. The minimum atomic E-state index is -3.83. The largest absolute Gasteiger partial charge is 0.362 e. The van der Waals surface area contributed by atoms with Crippen LogP contribution in [0.3, 0.4) is 0 Å².